The summed E-state index contributed by atoms with van der Waals surface area (Å²) in [6.07, 6.45) is 2.64. The van der Waals surface area contributed by atoms with Gasteiger partial charge < -0.3 is 10.3 Å². The van der Waals surface area contributed by atoms with E-state index in [0.717, 1.165) is 5.52 Å². The minimum Gasteiger partial charge on any atom is -0.335 e. The van der Waals surface area contributed by atoms with Gasteiger partial charge in [-0.1, -0.05) is 35.9 Å². The van der Waals surface area contributed by atoms with Gasteiger partial charge in [0.05, 0.1) is 16.6 Å². The van der Waals surface area contributed by atoms with Crippen molar-refractivity contribution in [2.75, 3.05) is 5.32 Å². The molecule has 0 aliphatic carbocycles. The number of benzene rings is 3. The van der Waals surface area contributed by atoms with Gasteiger partial charge in [0.15, 0.2) is 12.1 Å². The Kier molecular flexibility index (Phi) is 4.44. The van der Waals surface area contributed by atoms with E-state index >= 15 is 0 Å². The number of aromatic amines is 1. The van der Waals surface area contributed by atoms with Gasteiger partial charge in [-0.15, -0.1) is 0 Å². The van der Waals surface area contributed by atoms with Gasteiger partial charge in [-0.2, -0.15) is 0 Å². The van der Waals surface area contributed by atoms with Gasteiger partial charge in [-0.3, -0.25) is 9.59 Å². The monoisotopic (exact) mass is 374 g/mol. The number of aromatic nitrogens is 2. The Bertz CT molecular complexity index is 1170. The lowest BCUT2D eigenvalue weighted by molar-refractivity contribution is 0.0996. The Morgan fingerprint density at radius 1 is 0.963 bits per heavy atom. The Morgan fingerprint density at radius 3 is 2.59 bits per heavy atom. The highest BCUT2D eigenvalue weighted by Crippen LogP contribution is 2.20. The largest absolute Gasteiger partial charge is 0.335 e. The summed E-state index contributed by atoms with van der Waals surface area (Å²) in [6, 6.07) is 18.7. The molecule has 2 N–H and O–H groups in total. The Hall–Kier alpha value is -3.44. The van der Waals surface area contributed by atoms with E-state index < -0.39 is 0 Å². The molecule has 4 rings (SSSR count). The highest BCUT2D eigenvalue weighted by Gasteiger charge is 2.18. The zero-order valence-corrected chi connectivity index (χ0v) is 14.7. The lowest BCUT2D eigenvalue weighted by Crippen LogP contribution is -2.17. The van der Waals surface area contributed by atoms with Crippen LogP contribution in [-0.4, -0.2) is 21.7 Å². The van der Waals surface area contributed by atoms with Crippen LogP contribution in [0.3, 0.4) is 0 Å². The summed E-state index contributed by atoms with van der Waals surface area (Å²) in [7, 11) is 0. The molecule has 0 saturated heterocycles. The van der Waals surface area contributed by atoms with E-state index in [1.807, 2.05) is 0 Å². The lowest BCUT2D eigenvalue weighted by atomic mass is 9.97. The summed E-state index contributed by atoms with van der Waals surface area (Å²) in [5.74, 6) is -0.625. The summed E-state index contributed by atoms with van der Waals surface area (Å²) in [6.45, 7) is 0. The van der Waals surface area contributed by atoms with Crippen LogP contribution >= 0.6 is 11.6 Å². The van der Waals surface area contributed by atoms with Crippen molar-refractivity contribution in [3.63, 3.8) is 0 Å². The Morgan fingerprint density at radius 2 is 1.78 bits per heavy atom. The van der Waals surface area contributed by atoms with Crippen molar-refractivity contribution in [1.29, 1.82) is 0 Å². The third kappa shape index (κ3) is 3.45. The fourth-order valence-electron chi connectivity index (χ4n) is 2.82. The number of ketones is 1. The van der Waals surface area contributed by atoms with Crippen LogP contribution in [0.4, 0.5) is 5.69 Å². The molecule has 0 spiro atoms. The number of anilines is 1. The van der Waals surface area contributed by atoms with E-state index in [0.29, 0.717) is 32.9 Å². The second-order valence-electron chi connectivity index (χ2n) is 5.92. The molecule has 1 aromatic heterocycles. The highest BCUT2D eigenvalue weighted by atomic mass is 35.5. The number of halogens is 1. The number of nitrogens with zero attached hydrogens (tertiary/aromatic N) is 1. The van der Waals surface area contributed by atoms with Crippen LogP contribution in [0.1, 0.15) is 26.3 Å². The molecule has 4 aromatic rings. The third-order valence-corrected chi connectivity index (χ3v) is 4.36. The molecule has 0 bridgehead atoms. The Labute approximate surface area is 160 Å². The minimum atomic E-state index is -0.378. The first kappa shape index (κ1) is 17.0. The number of carbonyl (C=O) groups excluding carboxylic acids is 2. The van der Waals surface area contributed by atoms with Crippen LogP contribution in [0.15, 0.2) is 66.7 Å². The van der Waals surface area contributed by atoms with Crippen molar-refractivity contribution in [2.24, 2.45) is 0 Å². The molecular weight excluding hydrogens is 362 g/mol. The molecule has 1 amide bonds. The summed E-state index contributed by atoms with van der Waals surface area (Å²) >= 11 is 5.96. The zero-order chi connectivity index (χ0) is 18.8. The van der Waals surface area contributed by atoms with Crippen LogP contribution in [-0.2, 0) is 0 Å². The van der Waals surface area contributed by atoms with Gasteiger partial charge in [0.2, 0.25) is 0 Å². The van der Waals surface area contributed by atoms with Gasteiger partial charge in [-0.05, 0) is 42.5 Å². The topological polar surface area (TPSA) is 74.8 Å². The summed E-state index contributed by atoms with van der Waals surface area (Å²) in [4.78, 5) is 32.6. The number of nitrogens with one attached hydrogen (secondary N) is 2. The highest BCUT2D eigenvalue weighted by molar-refractivity contribution is 6.31. The summed E-state index contributed by atoms with van der Waals surface area (Å²) < 4.78 is 0. The minimum absolute atomic E-state index is 0.247. The number of rotatable bonds is 4. The number of H-pyrrole nitrogens is 1. The van der Waals surface area contributed by atoms with Crippen molar-refractivity contribution in [2.45, 2.75) is 0 Å². The average molecular weight is 375 g/mol. The van der Waals surface area contributed by atoms with Gasteiger partial charge in [-0.25, -0.2) is 4.98 Å². The normalized spacial score (nSPS) is 10.7. The second-order valence-corrected chi connectivity index (χ2v) is 6.36. The molecule has 0 atom stereocenters. The number of imidazole rings is 1. The van der Waals surface area contributed by atoms with E-state index in [1.54, 1.807) is 66.7 Å². The molecule has 5 nitrogen and oxygen atoms in total. The molecule has 131 valence electrons. The van der Waals surface area contributed by atoms with E-state index in [2.05, 4.69) is 21.6 Å². The van der Waals surface area contributed by atoms with E-state index in [1.165, 1.54) is 0 Å². The second kappa shape index (κ2) is 7.05. The predicted molar refractivity (Wildman–Crippen MR) is 104 cm³/mol. The number of hydrogen-bond donors (Lipinski definition) is 2. The molecule has 6 heteroatoms. The molecule has 0 saturated carbocycles. The van der Waals surface area contributed by atoms with Crippen molar-refractivity contribution >= 4 is 40.0 Å². The van der Waals surface area contributed by atoms with Gasteiger partial charge in [0, 0.05) is 21.8 Å². The lowest BCUT2D eigenvalue weighted by Gasteiger charge is -2.10. The van der Waals surface area contributed by atoms with Crippen molar-refractivity contribution in [1.82, 2.24) is 9.97 Å². The maximum Gasteiger partial charge on any atom is 0.256 e. The van der Waals surface area contributed by atoms with Crippen LogP contribution < -0.4 is 5.32 Å². The Balaban J connectivity index is 1.67. The van der Waals surface area contributed by atoms with Crippen molar-refractivity contribution in [3.05, 3.63) is 94.8 Å². The number of hydrogen-bond acceptors (Lipinski definition) is 3. The first-order valence-electron chi connectivity index (χ1n) is 8.18. The molecule has 1 radical (unpaired) electrons. The standard InChI is InChI=1S/C21H13ClN3O2/c22-14-4-3-5-15(11-14)25-21(27)17-7-2-1-6-16(17)20(26)13-8-9-18-19(10-13)24-12-23-18/h1-11H,(H,23,24)(H,25,27). The maximum atomic E-state index is 13.0. The first-order chi connectivity index (χ1) is 13.1. The maximum absolute atomic E-state index is 13.0. The van der Waals surface area contributed by atoms with Crippen LogP contribution in [0.2, 0.25) is 5.02 Å². The molecule has 3 aromatic carbocycles. The number of carbonyl (C=O) groups is 2. The molecule has 0 unspecified atom stereocenters. The molecular formula is C21H13ClN3O2. The van der Waals surface area contributed by atoms with Crippen molar-refractivity contribution in [3.8, 4) is 0 Å². The third-order valence-electron chi connectivity index (χ3n) is 4.12. The molecule has 0 fully saturated rings. The first-order valence-corrected chi connectivity index (χ1v) is 8.56. The quantitative estimate of drug-likeness (QED) is 0.516. The van der Waals surface area contributed by atoms with Gasteiger partial charge in [0.25, 0.3) is 5.91 Å². The number of fused-ring (bicyclic) bond motifs is 1. The van der Waals surface area contributed by atoms with Crippen LogP contribution in [0.5, 0.6) is 0 Å². The molecule has 1 heterocycles. The van der Waals surface area contributed by atoms with Gasteiger partial charge in [0.1, 0.15) is 0 Å². The number of amides is 1. The summed E-state index contributed by atoms with van der Waals surface area (Å²) in [5, 5.41) is 3.29. The molecule has 0 aliphatic heterocycles. The van der Waals surface area contributed by atoms with E-state index in [9.17, 15) is 9.59 Å². The van der Waals surface area contributed by atoms with E-state index in [-0.39, 0.29) is 11.7 Å². The van der Waals surface area contributed by atoms with E-state index in [4.69, 9.17) is 11.6 Å². The predicted octanol–water partition coefficient (Wildman–Crippen LogP) is 4.50. The fourth-order valence-corrected chi connectivity index (χ4v) is 3.01. The summed E-state index contributed by atoms with van der Waals surface area (Å²) in [5.41, 5.74) is 3.06. The molecule has 27 heavy (non-hydrogen) atoms. The van der Waals surface area contributed by atoms with Crippen LogP contribution in [0, 0.1) is 6.33 Å². The van der Waals surface area contributed by atoms with Crippen molar-refractivity contribution < 1.29 is 9.59 Å². The SMILES string of the molecule is O=C(Nc1cccc(Cl)c1)c1ccccc1C(=O)c1ccc2n[c][nH]c2c1. The van der Waals surface area contributed by atoms with Crippen LogP contribution in [0.25, 0.3) is 11.0 Å². The average Bonchev–Trinajstić information content (AvgIpc) is 3.15. The zero-order valence-electron chi connectivity index (χ0n) is 14.0. The molecule has 0 aliphatic rings. The fraction of sp³-hybridized carbons (Fsp3) is 0. The van der Waals surface area contributed by atoms with Gasteiger partial charge >= 0.3 is 0 Å². The smallest absolute Gasteiger partial charge is 0.256 e.